The predicted octanol–water partition coefficient (Wildman–Crippen LogP) is 4.24. The number of aryl methyl sites for hydroxylation is 1. The van der Waals surface area contributed by atoms with E-state index in [0.717, 1.165) is 5.56 Å². The van der Waals surface area contributed by atoms with Crippen LogP contribution in [-0.4, -0.2) is 43.6 Å². The molecule has 9 nitrogen and oxygen atoms in total. The second-order valence-electron chi connectivity index (χ2n) is 9.56. The summed E-state index contributed by atoms with van der Waals surface area (Å²) in [4.78, 5) is 39.1. The Hall–Kier alpha value is -4.18. The summed E-state index contributed by atoms with van der Waals surface area (Å²) in [6, 6.07) is 19.3. The van der Waals surface area contributed by atoms with Gasteiger partial charge in [0, 0.05) is 41.6 Å². The second-order valence-corrected chi connectivity index (χ2v) is 11.2. The lowest BCUT2D eigenvalue weighted by Crippen LogP contribution is -2.33. The maximum Gasteiger partial charge on any atom is 0.261 e. The highest BCUT2D eigenvalue weighted by molar-refractivity contribution is 7.92. The first kappa shape index (κ1) is 26.9. The van der Waals surface area contributed by atoms with Gasteiger partial charge in [0.15, 0.2) is 0 Å². The summed E-state index contributed by atoms with van der Waals surface area (Å²) in [5, 5.41) is 5.54. The first-order valence-corrected chi connectivity index (χ1v) is 13.7. The average molecular weight is 535 g/mol. The van der Waals surface area contributed by atoms with Gasteiger partial charge in [-0.1, -0.05) is 17.7 Å². The lowest BCUT2D eigenvalue weighted by Gasteiger charge is -2.20. The van der Waals surface area contributed by atoms with Gasteiger partial charge in [-0.3, -0.25) is 19.1 Å². The van der Waals surface area contributed by atoms with Crippen LogP contribution >= 0.6 is 0 Å². The van der Waals surface area contributed by atoms with E-state index in [2.05, 4.69) is 15.4 Å². The minimum absolute atomic E-state index is 0.0275. The van der Waals surface area contributed by atoms with E-state index in [1.165, 1.54) is 24.3 Å². The number of hydrogen-bond acceptors (Lipinski definition) is 5. The summed E-state index contributed by atoms with van der Waals surface area (Å²) in [6.45, 7) is 6.15. The highest BCUT2D eigenvalue weighted by Gasteiger charge is 2.35. The van der Waals surface area contributed by atoms with Crippen LogP contribution in [0.25, 0.3) is 0 Å². The Morgan fingerprint density at radius 2 is 1.39 bits per heavy atom. The highest BCUT2D eigenvalue weighted by atomic mass is 32.2. The smallest absolute Gasteiger partial charge is 0.261 e. The van der Waals surface area contributed by atoms with Crippen LogP contribution in [0.15, 0.2) is 77.7 Å². The number of carbonyl (C=O) groups is 3. The SMILES string of the molecule is Cc1ccc(NS(=O)(=O)c2ccc(NC(=O)c3ccc(NC(=O)C4CC(=O)N(C(C)C)C4)cc3)cc2)cc1. The van der Waals surface area contributed by atoms with Crippen molar-refractivity contribution in [3.8, 4) is 0 Å². The number of likely N-dealkylation sites (tertiary alicyclic amines) is 1. The minimum atomic E-state index is -3.77. The van der Waals surface area contributed by atoms with Crippen LogP contribution < -0.4 is 15.4 Å². The summed E-state index contributed by atoms with van der Waals surface area (Å²) in [6.07, 6.45) is 0.187. The fourth-order valence-electron chi connectivity index (χ4n) is 4.11. The summed E-state index contributed by atoms with van der Waals surface area (Å²) in [5.74, 6) is -1.05. The summed E-state index contributed by atoms with van der Waals surface area (Å²) >= 11 is 0. The van der Waals surface area contributed by atoms with Crippen molar-refractivity contribution in [2.75, 3.05) is 21.9 Å². The van der Waals surface area contributed by atoms with Crippen molar-refractivity contribution in [1.29, 1.82) is 0 Å². The molecule has 1 aliphatic heterocycles. The maximum absolute atomic E-state index is 12.7. The van der Waals surface area contributed by atoms with E-state index >= 15 is 0 Å². The van der Waals surface area contributed by atoms with Crippen LogP contribution in [0.1, 0.15) is 36.2 Å². The van der Waals surface area contributed by atoms with Crippen molar-refractivity contribution in [2.45, 2.75) is 38.1 Å². The van der Waals surface area contributed by atoms with Crippen LogP contribution in [-0.2, 0) is 19.6 Å². The van der Waals surface area contributed by atoms with Gasteiger partial charge in [-0.15, -0.1) is 0 Å². The molecular weight excluding hydrogens is 504 g/mol. The Morgan fingerprint density at radius 1 is 0.842 bits per heavy atom. The lowest BCUT2D eigenvalue weighted by molar-refractivity contribution is -0.129. The molecule has 1 saturated heterocycles. The Bertz CT molecular complexity index is 1430. The number of hydrogen-bond donors (Lipinski definition) is 3. The fraction of sp³-hybridized carbons (Fsp3) is 0.250. The Kier molecular flexibility index (Phi) is 7.82. The number of amides is 3. The van der Waals surface area contributed by atoms with Crippen LogP contribution in [0.5, 0.6) is 0 Å². The molecule has 1 unspecified atom stereocenters. The molecule has 0 aromatic heterocycles. The molecule has 38 heavy (non-hydrogen) atoms. The van der Waals surface area contributed by atoms with Crippen LogP contribution in [0.4, 0.5) is 17.1 Å². The summed E-state index contributed by atoms with van der Waals surface area (Å²) in [5.41, 5.74) is 2.80. The monoisotopic (exact) mass is 534 g/mol. The third-order valence-electron chi connectivity index (χ3n) is 6.29. The third-order valence-corrected chi connectivity index (χ3v) is 7.69. The molecule has 0 radical (unpaired) electrons. The summed E-state index contributed by atoms with van der Waals surface area (Å²) in [7, 11) is -3.77. The highest BCUT2D eigenvalue weighted by Crippen LogP contribution is 2.23. The van der Waals surface area contributed by atoms with Gasteiger partial charge in [0.05, 0.1) is 10.8 Å². The van der Waals surface area contributed by atoms with E-state index in [4.69, 9.17) is 0 Å². The van der Waals surface area contributed by atoms with Crippen molar-refractivity contribution in [2.24, 2.45) is 5.92 Å². The molecular formula is C28H30N4O5S. The average Bonchev–Trinajstić information content (AvgIpc) is 3.28. The minimum Gasteiger partial charge on any atom is -0.339 e. The molecule has 0 saturated carbocycles. The number of carbonyl (C=O) groups excluding carboxylic acids is 3. The first-order valence-electron chi connectivity index (χ1n) is 12.2. The molecule has 3 aromatic rings. The second kappa shape index (κ2) is 11.1. The fourth-order valence-corrected chi connectivity index (χ4v) is 5.17. The Labute approximate surface area is 222 Å². The van der Waals surface area contributed by atoms with Gasteiger partial charge in [-0.2, -0.15) is 0 Å². The zero-order chi connectivity index (χ0) is 27.4. The maximum atomic E-state index is 12.7. The van der Waals surface area contributed by atoms with Crippen LogP contribution in [0.3, 0.4) is 0 Å². The molecule has 198 valence electrons. The van der Waals surface area contributed by atoms with Crippen molar-refractivity contribution in [3.05, 3.63) is 83.9 Å². The topological polar surface area (TPSA) is 125 Å². The van der Waals surface area contributed by atoms with Gasteiger partial charge < -0.3 is 15.5 Å². The first-order chi connectivity index (χ1) is 18.0. The molecule has 10 heteroatoms. The van der Waals surface area contributed by atoms with Crippen molar-refractivity contribution in [1.82, 2.24) is 4.90 Å². The Morgan fingerprint density at radius 3 is 1.97 bits per heavy atom. The van der Waals surface area contributed by atoms with Crippen molar-refractivity contribution >= 4 is 44.8 Å². The van der Waals surface area contributed by atoms with Gasteiger partial charge >= 0.3 is 0 Å². The molecule has 3 N–H and O–H groups in total. The normalized spacial score (nSPS) is 15.4. The molecule has 4 rings (SSSR count). The van der Waals surface area contributed by atoms with Crippen LogP contribution in [0, 0.1) is 12.8 Å². The van der Waals surface area contributed by atoms with Crippen molar-refractivity contribution in [3.63, 3.8) is 0 Å². The van der Waals surface area contributed by atoms with Gasteiger partial charge in [0.25, 0.3) is 15.9 Å². The molecule has 0 aliphatic carbocycles. The number of sulfonamides is 1. The van der Waals surface area contributed by atoms with Gasteiger partial charge in [-0.05, 0) is 81.4 Å². The zero-order valence-electron chi connectivity index (χ0n) is 21.4. The van der Waals surface area contributed by atoms with Gasteiger partial charge in [0.1, 0.15) is 0 Å². The summed E-state index contributed by atoms with van der Waals surface area (Å²) < 4.78 is 27.8. The van der Waals surface area contributed by atoms with E-state index in [0.29, 0.717) is 29.2 Å². The predicted molar refractivity (Wildman–Crippen MR) is 146 cm³/mol. The number of benzene rings is 3. The molecule has 1 atom stereocenters. The van der Waals surface area contributed by atoms with E-state index in [1.54, 1.807) is 41.3 Å². The zero-order valence-corrected chi connectivity index (χ0v) is 22.2. The van der Waals surface area contributed by atoms with E-state index in [1.807, 2.05) is 32.9 Å². The quantitative estimate of drug-likeness (QED) is 0.399. The number of rotatable bonds is 8. The number of nitrogens with one attached hydrogen (secondary N) is 3. The molecule has 1 fully saturated rings. The van der Waals surface area contributed by atoms with E-state index < -0.39 is 15.9 Å². The van der Waals surface area contributed by atoms with E-state index in [-0.39, 0.29) is 35.1 Å². The van der Waals surface area contributed by atoms with E-state index in [9.17, 15) is 22.8 Å². The molecule has 0 bridgehead atoms. The van der Waals surface area contributed by atoms with Crippen molar-refractivity contribution < 1.29 is 22.8 Å². The third kappa shape index (κ3) is 6.38. The van der Waals surface area contributed by atoms with Crippen LogP contribution in [0.2, 0.25) is 0 Å². The van der Waals surface area contributed by atoms with Gasteiger partial charge in [0.2, 0.25) is 11.8 Å². The molecule has 3 aromatic carbocycles. The molecule has 3 amide bonds. The molecule has 0 spiro atoms. The molecule has 1 heterocycles. The van der Waals surface area contributed by atoms with Gasteiger partial charge in [-0.25, -0.2) is 8.42 Å². The lowest BCUT2D eigenvalue weighted by atomic mass is 10.1. The largest absolute Gasteiger partial charge is 0.339 e. The molecule has 1 aliphatic rings. The number of nitrogens with zero attached hydrogens (tertiary/aromatic N) is 1. The standard InChI is InChI=1S/C28H30N4O5S/c1-18(2)32-17-21(16-26(32)33)28(35)30-22-10-6-20(7-11-22)27(34)29-23-12-14-25(15-13-23)38(36,37)31-24-8-4-19(3)5-9-24/h4-15,18,21,31H,16-17H2,1-3H3,(H,29,34)(H,30,35). The Balaban J connectivity index is 1.33. The number of anilines is 3.